The lowest BCUT2D eigenvalue weighted by Gasteiger charge is -2.10. The molecule has 24 heavy (non-hydrogen) atoms. The lowest BCUT2D eigenvalue weighted by molar-refractivity contribution is 0.0526. The number of phenols is 1. The smallest absolute Gasteiger partial charge is 0.338 e. The summed E-state index contributed by atoms with van der Waals surface area (Å²) < 4.78 is 10.6. The molecule has 0 unspecified atom stereocenters. The monoisotopic (exact) mass is 322 g/mol. The molecule has 0 aliphatic heterocycles. The molecule has 122 valence electrons. The zero-order chi connectivity index (χ0) is 16.9. The Labute approximate surface area is 140 Å². The Bertz CT molecular complexity index is 870. The first-order chi connectivity index (χ1) is 11.7. The van der Waals surface area contributed by atoms with E-state index in [1.54, 1.807) is 19.1 Å². The number of fused-ring (bicyclic) bond motifs is 1. The van der Waals surface area contributed by atoms with E-state index >= 15 is 0 Å². The first-order valence-corrected chi connectivity index (χ1v) is 7.78. The minimum atomic E-state index is -0.464. The van der Waals surface area contributed by atoms with Gasteiger partial charge < -0.3 is 14.6 Å². The summed E-state index contributed by atoms with van der Waals surface area (Å²) in [7, 11) is 0. The van der Waals surface area contributed by atoms with E-state index in [2.05, 4.69) is 12.1 Å². The van der Waals surface area contributed by atoms with Crippen molar-refractivity contribution in [3.05, 3.63) is 71.8 Å². The van der Waals surface area contributed by atoms with Crippen molar-refractivity contribution in [3.8, 4) is 11.5 Å². The average Bonchev–Trinajstić information content (AvgIpc) is 2.60. The van der Waals surface area contributed by atoms with Crippen LogP contribution in [-0.2, 0) is 11.3 Å². The third-order valence-electron chi connectivity index (χ3n) is 3.68. The number of esters is 1. The van der Waals surface area contributed by atoms with Crippen LogP contribution in [0.25, 0.3) is 10.8 Å². The minimum absolute atomic E-state index is 0.0821. The molecule has 0 fully saturated rings. The van der Waals surface area contributed by atoms with Gasteiger partial charge in [0.2, 0.25) is 0 Å². The molecule has 3 aromatic carbocycles. The maximum absolute atomic E-state index is 11.6. The van der Waals surface area contributed by atoms with Gasteiger partial charge in [-0.15, -0.1) is 0 Å². The Balaban J connectivity index is 1.72. The van der Waals surface area contributed by atoms with E-state index in [4.69, 9.17) is 9.47 Å². The van der Waals surface area contributed by atoms with Gasteiger partial charge in [0, 0.05) is 0 Å². The molecule has 0 aliphatic carbocycles. The van der Waals surface area contributed by atoms with Crippen molar-refractivity contribution >= 4 is 16.7 Å². The van der Waals surface area contributed by atoms with E-state index in [9.17, 15) is 9.90 Å². The van der Waals surface area contributed by atoms with Crippen LogP contribution in [0.2, 0.25) is 0 Å². The summed E-state index contributed by atoms with van der Waals surface area (Å²) in [5.74, 6) is -0.216. The summed E-state index contributed by atoms with van der Waals surface area (Å²) in [6, 6.07) is 18.7. The van der Waals surface area contributed by atoms with Gasteiger partial charge in [0.15, 0.2) is 11.5 Å². The molecular formula is C20H18O4. The van der Waals surface area contributed by atoms with Crippen LogP contribution >= 0.6 is 0 Å². The van der Waals surface area contributed by atoms with Gasteiger partial charge in [-0.2, -0.15) is 0 Å². The second-order valence-electron chi connectivity index (χ2n) is 5.37. The topological polar surface area (TPSA) is 55.8 Å². The molecular weight excluding hydrogens is 304 g/mol. The fraction of sp³-hybridized carbons (Fsp3) is 0.150. The molecule has 3 rings (SSSR count). The van der Waals surface area contributed by atoms with Crippen LogP contribution in [-0.4, -0.2) is 17.7 Å². The van der Waals surface area contributed by atoms with Crippen LogP contribution < -0.4 is 4.74 Å². The van der Waals surface area contributed by atoms with Crippen molar-refractivity contribution in [1.82, 2.24) is 0 Å². The second-order valence-corrected chi connectivity index (χ2v) is 5.37. The van der Waals surface area contributed by atoms with E-state index in [0.717, 1.165) is 10.9 Å². The van der Waals surface area contributed by atoms with Crippen molar-refractivity contribution < 1.29 is 19.4 Å². The molecule has 0 spiro atoms. The molecule has 0 atom stereocenters. The number of carbonyl (C=O) groups is 1. The summed E-state index contributed by atoms with van der Waals surface area (Å²) in [5.41, 5.74) is 1.30. The van der Waals surface area contributed by atoms with Gasteiger partial charge >= 0.3 is 5.97 Å². The number of rotatable bonds is 5. The van der Waals surface area contributed by atoms with E-state index < -0.39 is 5.97 Å². The van der Waals surface area contributed by atoms with Crippen LogP contribution in [0.1, 0.15) is 22.8 Å². The number of ether oxygens (including phenoxy) is 2. The molecule has 0 radical (unpaired) electrons. The molecule has 4 heteroatoms. The van der Waals surface area contributed by atoms with Gasteiger partial charge in [-0.05, 0) is 47.5 Å². The van der Waals surface area contributed by atoms with Crippen molar-refractivity contribution in [1.29, 1.82) is 0 Å². The normalized spacial score (nSPS) is 10.5. The van der Waals surface area contributed by atoms with Crippen molar-refractivity contribution in [3.63, 3.8) is 0 Å². The Morgan fingerprint density at radius 2 is 1.79 bits per heavy atom. The Hall–Kier alpha value is -3.01. The van der Waals surface area contributed by atoms with E-state index in [1.165, 1.54) is 11.5 Å². The molecule has 0 heterocycles. The zero-order valence-electron chi connectivity index (χ0n) is 13.4. The van der Waals surface area contributed by atoms with E-state index in [-0.39, 0.29) is 5.75 Å². The number of hydrogen-bond acceptors (Lipinski definition) is 4. The minimum Gasteiger partial charge on any atom is -0.504 e. The Morgan fingerprint density at radius 3 is 2.54 bits per heavy atom. The molecule has 0 saturated carbocycles. The number of phenolic OH excluding ortho intramolecular Hbond substituents is 1. The number of carbonyl (C=O) groups excluding carboxylic acids is 1. The molecule has 0 bridgehead atoms. The van der Waals surface area contributed by atoms with Gasteiger partial charge in [0.25, 0.3) is 0 Å². The highest BCUT2D eigenvalue weighted by molar-refractivity contribution is 5.90. The molecule has 1 N–H and O–H groups in total. The lowest BCUT2D eigenvalue weighted by atomic mass is 10.1. The molecule has 0 aromatic heterocycles. The van der Waals surface area contributed by atoms with Crippen LogP contribution in [0, 0.1) is 0 Å². The van der Waals surface area contributed by atoms with E-state index in [0.29, 0.717) is 24.5 Å². The van der Waals surface area contributed by atoms with Crippen LogP contribution in [0.3, 0.4) is 0 Å². The maximum Gasteiger partial charge on any atom is 0.338 e. The van der Waals surface area contributed by atoms with Gasteiger partial charge in [-0.1, -0.05) is 36.4 Å². The first kappa shape index (κ1) is 15.9. The number of aromatic hydroxyl groups is 1. The first-order valence-electron chi connectivity index (χ1n) is 7.78. The zero-order valence-corrected chi connectivity index (χ0v) is 13.4. The number of hydrogen-bond donors (Lipinski definition) is 1. The van der Waals surface area contributed by atoms with Gasteiger partial charge in [0.05, 0.1) is 12.2 Å². The lowest BCUT2D eigenvalue weighted by Crippen LogP contribution is -2.04. The third kappa shape index (κ3) is 3.49. The summed E-state index contributed by atoms with van der Waals surface area (Å²) in [5, 5.41) is 12.3. The standard InChI is InChI=1S/C20H18O4/c1-2-23-20(22)17-9-10-19(18(21)12-17)24-13-14-7-8-15-5-3-4-6-16(15)11-14/h3-12,21H,2,13H2,1H3. The third-order valence-corrected chi connectivity index (χ3v) is 3.68. The second kappa shape index (κ2) is 7.04. The molecule has 4 nitrogen and oxygen atoms in total. The van der Waals surface area contributed by atoms with Crippen molar-refractivity contribution in [2.45, 2.75) is 13.5 Å². The maximum atomic E-state index is 11.6. The predicted molar refractivity (Wildman–Crippen MR) is 92.3 cm³/mol. The Morgan fingerprint density at radius 1 is 1.00 bits per heavy atom. The van der Waals surface area contributed by atoms with Crippen LogP contribution in [0.4, 0.5) is 0 Å². The van der Waals surface area contributed by atoms with Gasteiger partial charge in [-0.3, -0.25) is 0 Å². The Kier molecular flexibility index (Phi) is 4.66. The molecule has 0 aliphatic rings. The van der Waals surface area contributed by atoms with Gasteiger partial charge in [-0.25, -0.2) is 4.79 Å². The quantitative estimate of drug-likeness (QED) is 0.712. The highest BCUT2D eigenvalue weighted by atomic mass is 16.5. The van der Waals surface area contributed by atoms with E-state index in [1.807, 2.05) is 30.3 Å². The molecule has 0 saturated heterocycles. The average molecular weight is 322 g/mol. The highest BCUT2D eigenvalue weighted by Crippen LogP contribution is 2.28. The molecule has 3 aromatic rings. The van der Waals surface area contributed by atoms with Crippen molar-refractivity contribution in [2.75, 3.05) is 6.61 Å². The summed E-state index contributed by atoms with van der Waals surface area (Å²) in [6.07, 6.45) is 0. The highest BCUT2D eigenvalue weighted by Gasteiger charge is 2.11. The predicted octanol–water partition coefficient (Wildman–Crippen LogP) is 4.30. The van der Waals surface area contributed by atoms with Crippen molar-refractivity contribution in [2.24, 2.45) is 0 Å². The fourth-order valence-electron chi connectivity index (χ4n) is 2.47. The van der Waals surface area contributed by atoms with Crippen LogP contribution in [0.5, 0.6) is 11.5 Å². The largest absolute Gasteiger partial charge is 0.504 e. The summed E-state index contributed by atoms with van der Waals surface area (Å²) in [6.45, 7) is 2.36. The van der Waals surface area contributed by atoms with Crippen LogP contribution in [0.15, 0.2) is 60.7 Å². The summed E-state index contributed by atoms with van der Waals surface area (Å²) >= 11 is 0. The molecule has 0 amide bonds. The number of benzene rings is 3. The van der Waals surface area contributed by atoms with Gasteiger partial charge in [0.1, 0.15) is 6.61 Å². The SMILES string of the molecule is CCOC(=O)c1ccc(OCc2ccc3ccccc3c2)c(O)c1. The fourth-order valence-corrected chi connectivity index (χ4v) is 2.47. The summed E-state index contributed by atoms with van der Waals surface area (Å²) in [4.78, 5) is 11.6.